The Kier molecular flexibility index (Phi) is 9.15. The Bertz CT molecular complexity index is 198. The first kappa shape index (κ1) is 14.0. The van der Waals surface area contributed by atoms with Crippen molar-refractivity contribution in [3.05, 3.63) is 25.3 Å². The number of likely N-dealkylation sites (N-methyl/N-ethyl adjacent to an activating group) is 2. The highest BCUT2D eigenvalue weighted by Gasteiger charge is 1.91. The zero-order valence-electron chi connectivity index (χ0n) is 8.33. The third kappa shape index (κ3) is 10.4. The monoisotopic (exact) mass is 184 g/mol. The molecule has 0 spiro atoms. The predicted molar refractivity (Wildman–Crippen MR) is 53.2 cm³/mol. The molecule has 0 unspecified atom stereocenters. The smallest absolute Gasteiger partial charge is 0.245 e. The summed E-state index contributed by atoms with van der Waals surface area (Å²) in [4.78, 5) is 21.7. The van der Waals surface area contributed by atoms with Crippen LogP contribution in [0.4, 0.5) is 0 Å². The molecule has 0 fully saturated rings. The summed E-state index contributed by atoms with van der Waals surface area (Å²) in [6.45, 7) is 6.51. The van der Waals surface area contributed by atoms with Gasteiger partial charge in [0.05, 0.1) is 0 Å². The van der Waals surface area contributed by atoms with Gasteiger partial charge in [-0.25, -0.2) is 0 Å². The molecule has 1 N–H and O–H groups in total. The fourth-order valence-corrected chi connectivity index (χ4v) is 0.285. The molecule has 0 radical (unpaired) electrons. The van der Waals surface area contributed by atoms with E-state index in [0.29, 0.717) is 0 Å². The number of amides is 2. The summed E-state index contributed by atoms with van der Waals surface area (Å²) in [7, 11) is 4.93. The maximum Gasteiger partial charge on any atom is 0.245 e. The van der Waals surface area contributed by atoms with Gasteiger partial charge in [0, 0.05) is 21.1 Å². The number of carbonyl (C=O) groups is 2. The van der Waals surface area contributed by atoms with Crippen molar-refractivity contribution < 1.29 is 9.59 Å². The summed E-state index contributed by atoms with van der Waals surface area (Å²) in [6, 6.07) is 0. The summed E-state index contributed by atoms with van der Waals surface area (Å²) in [5.41, 5.74) is 0. The fraction of sp³-hybridized carbons (Fsp3) is 0.333. The molecule has 74 valence electrons. The van der Waals surface area contributed by atoms with E-state index in [1.165, 1.54) is 17.1 Å². The molecule has 4 heteroatoms. The molecular formula is C9H16N2O2. The summed E-state index contributed by atoms with van der Waals surface area (Å²) in [6.07, 6.45) is 2.50. The van der Waals surface area contributed by atoms with Gasteiger partial charge in [0.15, 0.2) is 0 Å². The van der Waals surface area contributed by atoms with Crippen molar-refractivity contribution in [1.29, 1.82) is 0 Å². The Balaban J connectivity index is 0. The van der Waals surface area contributed by atoms with Gasteiger partial charge in [0.2, 0.25) is 11.8 Å². The van der Waals surface area contributed by atoms with Crippen LogP contribution in [0.5, 0.6) is 0 Å². The minimum Gasteiger partial charge on any atom is -0.356 e. The summed E-state index contributed by atoms with van der Waals surface area (Å²) < 4.78 is 0. The molecule has 0 aliphatic rings. The third-order valence-electron chi connectivity index (χ3n) is 1.05. The first-order chi connectivity index (χ1) is 5.99. The number of carbonyl (C=O) groups excluding carboxylic acids is 2. The molecular weight excluding hydrogens is 168 g/mol. The van der Waals surface area contributed by atoms with Crippen LogP contribution in [0.25, 0.3) is 0 Å². The molecule has 0 heterocycles. The molecule has 0 aromatic rings. The van der Waals surface area contributed by atoms with Gasteiger partial charge in [-0.1, -0.05) is 13.2 Å². The highest BCUT2D eigenvalue weighted by atomic mass is 16.2. The predicted octanol–water partition coefficient (Wildman–Crippen LogP) is 0.179. The van der Waals surface area contributed by atoms with Gasteiger partial charge in [-0.05, 0) is 12.2 Å². The first-order valence-corrected chi connectivity index (χ1v) is 3.67. The Morgan fingerprint density at radius 3 is 1.69 bits per heavy atom. The van der Waals surface area contributed by atoms with Crippen molar-refractivity contribution in [1.82, 2.24) is 10.2 Å². The zero-order valence-corrected chi connectivity index (χ0v) is 8.33. The first-order valence-electron chi connectivity index (χ1n) is 3.67. The van der Waals surface area contributed by atoms with Crippen LogP contribution in [-0.4, -0.2) is 37.9 Å². The maximum absolute atomic E-state index is 10.3. The lowest BCUT2D eigenvalue weighted by Gasteiger charge is -2.03. The maximum atomic E-state index is 10.3. The number of hydrogen-bond acceptors (Lipinski definition) is 2. The van der Waals surface area contributed by atoms with Crippen LogP contribution in [0, 0.1) is 0 Å². The lowest BCUT2D eigenvalue weighted by atomic mass is 10.5. The van der Waals surface area contributed by atoms with Crippen molar-refractivity contribution in [2.24, 2.45) is 0 Å². The highest BCUT2D eigenvalue weighted by Crippen LogP contribution is 1.74. The topological polar surface area (TPSA) is 49.4 Å². The lowest BCUT2D eigenvalue weighted by Crippen LogP contribution is -2.18. The molecule has 0 aliphatic carbocycles. The second-order valence-corrected chi connectivity index (χ2v) is 2.26. The summed E-state index contributed by atoms with van der Waals surface area (Å²) in [5, 5.41) is 2.36. The van der Waals surface area contributed by atoms with Crippen molar-refractivity contribution >= 4 is 11.8 Å². The largest absolute Gasteiger partial charge is 0.356 e. The fourth-order valence-electron chi connectivity index (χ4n) is 0.285. The van der Waals surface area contributed by atoms with Crippen molar-refractivity contribution in [2.45, 2.75) is 0 Å². The second-order valence-electron chi connectivity index (χ2n) is 2.26. The van der Waals surface area contributed by atoms with Gasteiger partial charge in [-0.2, -0.15) is 0 Å². The number of hydrogen-bond donors (Lipinski definition) is 1. The minimum atomic E-state index is -0.144. The quantitative estimate of drug-likeness (QED) is 0.622. The molecule has 0 aromatic carbocycles. The van der Waals surface area contributed by atoms with E-state index < -0.39 is 0 Å². The van der Waals surface area contributed by atoms with E-state index in [9.17, 15) is 9.59 Å². The van der Waals surface area contributed by atoms with E-state index in [2.05, 4.69) is 18.5 Å². The van der Waals surface area contributed by atoms with Gasteiger partial charge >= 0.3 is 0 Å². The highest BCUT2D eigenvalue weighted by molar-refractivity contribution is 5.86. The van der Waals surface area contributed by atoms with E-state index in [1.807, 2.05) is 0 Å². The molecule has 0 atom stereocenters. The average Bonchev–Trinajstić information content (AvgIpc) is 2.16. The number of nitrogens with one attached hydrogen (secondary N) is 1. The van der Waals surface area contributed by atoms with Crippen LogP contribution in [0.1, 0.15) is 0 Å². The normalized spacial score (nSPS) is 7.31. The van der Waals surface area contributed by atoms with E-state index >= 15 is 0 Å². The summed E-state index contributed by atoms with van der Waals surface area (Å²) in [5.74, 6) is -0.199. The molecule has 0 aromatic heterocycles. The molecule has 2 amide bonds. The van der Waals surface area contributed by atoms with Crippen molar-refractivity contribution in [2.75, 3.05) is 21.1 Å². The standard InChI is InChI=1S/C5H9NO.C4H7NO/c1-4-5(7)6(2)3;1-3-4(6)5-2/h4H,1H2,2-3H3;3H,1H2,2H3,(H,5,6). The van der Waals surface area contributed by atoms with Crippen molar-refractivity contribution in [3.8, 4) is 0 Å². The Labute approximate surface area is 78.9 Å². The molecule has 13 heavy (non-hydrogen) atoms. The second kappa shape index (κ2) is 8.52. The van der Waals surface area contributed by atoms with E-state index in [4.69, 9.17) is 0 Å². The van der Waals surface area contributed by atoms with Crippen LogP contribution in [-0.2, 0) is 9.59 Å². The van der Waals surface area contributed by atoms with Gasteiger partial charge in [0.25, 0.3) is 0 Å². The van der Waals surface area contributed by atoms with Gasteiger partial charge < -0.3 is 10.2 Å². The van der Waals surface area contributed by atoms with Gasteiger partial charge in [0.1, 0.15) is 0 Å². The molecule has 0 bridgehead atoms. The van der Waals surface area contributed by atoms with Crippen LogP contribution in [0.15, 0.2) is 25.3 Å². The van der Waals surface area contributed by atoms with Crippen LogP contribution < -0.4 is 5.32 Å². The number of nitrogens with zero attached hydrogens (tertiary/aromatic N) is 1. The third-order valence-corrected chi connectivity index (χ3v) is 1.05. The van der Waals surface area contributed by atoms with Crippen molar-refractivity contribution in [3.63, 3.8) is 0 Å². The van der Waals surface area contributed by atoms with Gasteiger partial charge in [-0.15, -0.1) is 0 Å². The molecule has 4 nitrogen and oxygen atoms in total. The molecule has 0 saturated carbocycles. The Morgan fingerprint density at radius 2 is 1.69 bits per heavy atom. The Morgan fingerprint density at radius 1 is 1.23 bits per heavy atom. The molecule has 0 rings (SSSR count). The molecule has 0 aliphatic heterocycles. The van der Waals surface area contributed by atoms with Crippen LogP contribution in [0.2, 0.25) is 0 Å². The van der Waals surface area contributed by atoms with E-state index in [0.717, 1.165) is 0 Å². The van der Waals surface area contributed by atoms with E-state index in [-0.39, 0.29) is 11.8 Å². The SMILES string of the molecule is C=CC(=O)N(C)C.C=CC(=O)NC. The van der Waals surface area contributed by atoms with E-state index in [1.54, 1.807) is 21.1 Å². The number of rotatable bonds is 2. The van der Waals surface area contributed by atoms with Gasteiger partial charge in [-0.3, -0.25) is 9.59 Å². The van der Waals surface area contributed by atoms with Crippen LogP contribution >= 0.6 is 0 Å². The lowest BCUT2D eigenvalue weighted by molar-refractivity contribution is -0.123. The molecule has 0 saturated heterocycles. The summed E-state index contributed by atoms with van der Waals surface area (Å²) >= 11 is 0. The Hall–Kier alpha value is -1.58. The minimum absolute atomic E-state index is 0.0556. The average molecular weight is 184 g/mol. The zero-order chi connectivity index (χ0) is 10.9. The van der Waals surface area contributed by atoms with Crippen LogP contribution in [0.3, 0.4) is 0 Å².